The third-order valence-corrected chi connectivity index (χ3v) is 8.53. The fraction of sp³-hybridized carbons (Fsp3) is 0.600. The van der Waals surface area contributed by atoms with Crippen LogP contribution in [0, 0.1) is 0 Å². The molecule has 0 spiro atoms. The van der Waals surface area contributed by atoms with Gasteiger partial charge in [-0.05, 0) is 44.0 Å². The maximum absolute atomic E-state index is 12.8. The highest BCUT2D eigenvalue weighted by Crippen LogP contribution is 2.25. The third kappa shape index (κ3) is 3.23. The number of rotatable bonds is 5. The highest BCUT2D eigenvalue weighted by atomic mass is 32.2. The number of hydrogen-bond acceptors (Lipinski definition) is 5. The lowest BCUT2D eigenvalue weighted by Crippen LogP contribution is -2.38. The Kier molecular flexibility index (Phi) is 4.99. The first-order valence-corrected chi connectivity index (χ1v) is 11.0. The summed E-state index contributed by atoms with van der Waals surface area (Å²) in [5.74, 6) is 0. The van der Waals surface area contributed by atoms with E-state index in [1.807, 2.05) is 0 Å². The van der Waals surface area contributed by atoms with Crippen LogP contribution in [0.5, 0.6) is 0 Å². The molecule has 2 aliphatic heterocycles. The summed E-state index contributed by atoms with van der Waals surface area (Å²) in [4.78, 5) is 0.0700. The van der Waals surface area contributed by atoms with E-state index in [4.69, 9.17) is 0 Å². The van der Waals surface area contributed by atoms with Crippen molar-refractivity contribution in [3.63, 3.8) is 0 Å². The first-order chi connectivity index (χ1) is 11.3. The van der Waals surface area contributed by atoms with Gasteiger partial charge in [-0.25, -0.2) is 16.8 Å². The monoisotopic (exact) mass is 373 g/mol. The van der Waals surface area contributed by atoms with E-state index in [1.54, 1.807) is 7.05 Å². The average molecular weight is 374 g/mol. The van der Waals surface area contributed by atoms with Gasteiger partial charge in [-0.2, -0.15) is 8.61 Å². The van der Waals surface area contributed by atoms with Crippen LogP contribution in [0.1, 0.15) is 19.3 Å². The second-order valence-corrected chi connectivity index (χ2v) is 10.2. The number of nitrogens with one attached hydrogen (secondary N) is 1. The Hall–Kier alpha value is -1.00. The summed E-state index contributed by atoms with van der Waals surface area (Å²) in [6.07, 6.45) is 2.44. The second kappa shape index (κ2) is 6.72. The lowest BCUT2D eigenvalue weighted by Gasteiger charge is -2.23. The van der Waals surface area contributed by atoms with E-state index in [0.717, 1.165) is 25.8 Å². The minimum Gasteiger partial charge on any atom is -0.315 e. The molecule has 2 saturated heterocycles. The summed E-state index contributed by atoms with van der Waals surface area (Å²) in [6.45, 7) is 2.38. The van der Waals surface area contributed by atoms with Crippen LogP contribution in [0.15, 0.2) is 34.1 Å². The predicted octanol–water partition coefficient (Wildman–Crippen LogP) is 0.454. The summed E-state index contributed by atoms with van der Waals surface area (Å²) in [7, 11) is -5.80. The molecule has 2 aliphatic rings. The van der Waals surface area contributed by atoms with Crippen molar-refractivity contribution in [2.24, 2.45) is 0 Å². The Morgan fingerprint density at radius 2 is 1.79 bits per heavy atom. The summed E-state index contributed by atoms with van der Waals surface area (Å²) in [5, 5.41) is 3.14. The van der Waals surface area contributed by atoms with Gasteiger partial charge in [0.1, 0.15) is 0 Å². The van der Waals surface area contributed by atoms with Gasteiger partial charge in [0.15, 0.2) is 0 Å². The third-order valence-electron chi connectivity index (χ3n) is 4.73. The van der Waals surface area contributed by atoms with E-state index >= 15 is 0 Å². The molecule has 7 nitrogen and oxygen atoms in total. The molecule has 0 saturated carbocycles. The molecule has 1 atom stereocenters. The van der Waals surface area contributed by atoms with Gasteiger partial charge in [-0.3, -0.25) is 0 Å². The topological polar surface area (TPSA) is 86.8 Å². The molecular formula is C15H23N3O4S2. The van der Waals surface area contributed by atoms with Gasteiger partial charge in [0.05, 0.1) is 9.79 Å². The molecule has 0 aliphatic carbocycles. The van der Waals surface area contributed by atoms with Crippen LogP contribution in [-0.4, -0.2) is 64.7 Å². The lowest BCUT2D eigenvalue weighted by atomic mass is 10.3. The fourth-order valence-corrected chi connectivity index (χ4v) is 6.25. The Balaban J connectivity index is 1.92. The van der Waals surface area contributed by atoms with Crippen molar-refractivity contribution in [2.45, 2.75) is 35.1 Å². The van der Waals surface area contributed by atoms with Crippen LogP contribution in [-0.2, 0) is 20.0 Å². The van der Waals surface area contributed by atoms with Crippen molar-refractivity contribution in [1.82, 2.24) is 13.9 Å². The molecule has 0 radical (unpaired) electrons. The molecule has 24 heavy (non-hydrogen) atoms. The van der Waals surface area contributed by atoms with E-state index in [1.165, 1.54) is 32.9 Å². The highest BCUT2D eigenvalue weighted by Gasteiger charge is 2.32. The van der Waals surface area contributed by atoms with E-state index in [9.17, 15) is 16.8 Å². The highest BCUT2D eigenvalue weighted by molar-refractivity contribution is 7.90. The van der Waals surface area contributed by atoms with Crippen molar-refractivity contribution in [2.75, 3.05) is 33.2 Å². The van der Waals surface area contributed by atoms with Crippen molar-refractivity contribution in [1.29, 1.82) is 0 Å². The Morgan fingerprint density at radius 3 is 2.42 bits per heavy atom. The maximum atomic E-state index is 12.8. The van der Waals surface area contributed by atoms with Crippen LogP contribution < -0.4 is 5.32 Å². The van der Waals surface area contributed by atoms with Crippen molar-refractivity contribution >= 4 is 20.0 Å². The molecule has 2 fully saturated rings. The smallest absolute Gasteiger partial charge is 0.243 e. The summed E-state index contributed by atoms with van der Waals surface area (Å²) < 4.78 is 53.7. The first-order valence-electron chi connectivity index (χ1n) is 8.12. The van der Waals surface area contributed by atoms with Crippen molar-refractivity contribution in [3.8, 4) is 0 Å². The molecule has 2 heterocycles. The fourth-order valence-electron chi connectivity index (χ4n) is 3.18. The molecule has 1 N–H and O–H groups in total. The zero-order valence-electron chi connectivity index (χ0n) is 13.7. The molecule has 1 aromatic carbocycles. The SMILES string of the molecule is CN(C1CCNC1)S(=O)(=O)c1cccc(S(=O)(=O)N2CCCC2)c1. The van der Waals surface area contributed by atoms with E-state index in [-0.39, 0.29) is 15.8 Å². The van der Waals surface area contributed by atoms with Crippen LogP contribution in [0.2, 0.25) is 0 Å². The van der Waals surface area contributed by atoms with Crippen LogP contribution in [0.25, 0.3) is 0 Å². The van der Waals surface area contributed by atoms with Crippen molar-refractivity contribution in [3.05, 3.63) is 24.3 Å². The molecule has 1 aromatic rings. The maximum Gasteiger partial charge on any atom is 0.243 e. The summed E-state index contributed by atoms with van der Waals surface area (Å²) >= 11 is 0. The Bertz CT molecular complexity index is 796. The standard InChI is InChI=1S/C15H23N3O4S2/c1-17(13-7-8-16-12-13)23(19,20)14-5-4-6-15(11-14)24(21,22)18-9-2-3-10-18/h4-6,11,13,16H,2-3,7-10,12H2,1H3. The lowest BCUT2D eigenvalue weighted by molar-refractivity contribution is 0.387. The number of hydrogen-bond donors (Lipinski definition) is 1. The van der Waals surface area contributed by atoms with E-state index in [2.05, 4.69) is 5.32 Å². The molecule has 0 amide bonds. The van der Waals surface area contributed by atoms with E-state index in [0.29, 0.717) is 19.6 Å². The number of benzene rings is 1. The van der Waals surface area contributed by atoms with Crippen LogP contribution in [0.4, 0.5) is 0 Å². The molecule has 0 aromatic heterocycles. The molecule has 3 rings (SSSR count). The van der Waals surface area contributed by atoms with Crippen molar-refractivity contribution < 1.29 is 16.8 Å². The quantitative estimate of drug-likeness (QED) is 0.810. The largest absolute Gasteiger partial charge is 0.315 e. The van der Waals surface area contributed by atoms with Gasteiger partial charge in [-0.15, -0.1) is 0 Å². The second-order valence-electron chi connectivity index (χ2n) is 6.25. The van der Waals surface area contributed by atoms with Gasteiger partial charge in [-0.1, -0.05) is 6.07 Å². The molecule has 134 valence electrons. The minimum atomic E-state index is -3.72. The van der Waals surface area contributed by atoms with E-state index < -0.39 is 20.0 Å². The molecular weight excluding hydrogens is 350 g/mol. The van der Waals surface area contributed by atoms with Gasteiger partial charge in [0, 0.05) is 32.7 Å². The minimum absolute atomic E-state index is 0.0252. The van der Waals surface area contributed by atoms with Gasteiger partial charge < -0.3 is 5.32 Å². The predicted molar refractivity (Wildman–Crippen MR) is 90.7 cm³/mol. The number of sulfonamides is 2. The summed E-state index contributed by atoms with van der Waals surface area (Å²) in [5.41, 5.74) is 0. The van der Waals surface area contributed by atoms with Gasteiger partial charge in [0.2, 0.25) is 20.0 Å². The normalized spacial score (nSPS) is 23.2. The Labute approximate surface area is 143 Å². The number of likely N-dealkylation sites (N-methyl/N-ethyl adjacent to an activating group) is 1. The van der Waals surface area contributed by atoms with Crippen LogP contribution >= 0.6 is 0 Å². The van der Waals surface area contributed by atoms with Crippen LogP contribution in [0.3, 0.4) is 0 Å². The zero-order valence-corrected chi connectivity index (χ0v) is 15.3. The molecule has 1 unspecified atom stereocenters. The summed E-state index contributed by atoms with van der Waals surface area (Å²) in [6, 6.07) is 5.59. The zero-order chi connectivity index (χ0) is 17.4. The molecule has 0 bridgehead atoms. The van der Waals surface area contributed by atoms with Gasteiger partial charge >= 0.3 is 0 Å². The molecule has 9 heteroatoms. The number of nitrogens with zero attached hydrogens (tertiary/aromatic N) is 2. The Morgan fingerprint density at radius 1 is 1.12 bits per heavy atom. The average Bonchev–Trinajstić information content (AvgIpc) is 3.27. The van der Waals surface area contributed by atoms with Gasteiger partial charge in [0.25, 0.3) is 0 Å². The first kappa shape index (κ1) is 17.8.